The van der Waals surface area contributed by atoms with Gasteiger partial charge in [0.1, 0.15) is 17.3 Å². The minimum absolute atomic E-state index is 0.587. The van der Waals surface area contributed by atoms with Gasteiger partial charge in [-0.05, 0) is 24.6 Å². The topological polar surface area (TPSA) is 62.1 Å². The summed E-state index contributed by atoms with van der Waals surface area (Å²) in [6.07, 6.45) is 6.07. The molecule has 2 heterocycles. The van der Waals surface area contributed by atoms with E-state index in [1.54, 1.807) is 26.7 Å². The van der Waals surface area contributed by atoms with Crippen molar-refractivity contribution in [3.63, 3.8) is 0 Å². The van der Waals surface area contributed by atoms with Crippen LogP contribution in [0.2, 0.25) is 0 Å². The average molecular weight is 386 g/mol. The van der Waals surface area contributed by atoms with E-state index >= 15 is 0 Å². The van der Waals surface area contributed by atoms with Gasteiger partial charge in [0.25, 0.3) is 0 Å². The second-order valence-electron chi connectivity index (χ2n) is 6.67. The van der Waals surface area contributed by atoms with Crippen molar-refractivity contribution in [2.24, 2.45) is 0 Å². The molecule has 4 aromatic rings. The Kier molecular flexibility index (Phi) is 5.24. The van der Waals surface area contributed by atoms with Crippen LogP contribution in [-0.4, -0.2) is 33.7 Å². The first-order valence-electron chi connectivity index (χ1n) is 9.31. The van der Waals surface area contributed by atoms with Crippen molar-refractivity contribution in [1.82, 2.24) is 19.5 Å². The fourth-order valence-corrected chi connectivity index (χ4v) is 3.23. The SMILES string of the molecule is COc1cc(Cc2ncc(OC)c(-c3ccccc3)n2)ccc1-n1cnc(C)c1. The van der Waals surface area contributed by atoms with Crippen molar-refractivity contribution in [3.8, 4) is 28.4 Å². The maximum absolute atomic E-state index is 5.61. The molecule has 0 atom stereocenters. The molecular formula is C23H22N4O2. The summed E-state index contributed by atoms with van der Waals surface area (Å²) in [5.74, 6) is 2.15. The largest absolute Gasteiger partial charge is 0.495 e. The van der Waals surface area contributed by atoms with Crippen LogP contribution in [0.25, 0.3) is 16.9 Å². The molecule has 0 saturated heterocycles. The van der Waals surface area contributed by atoms with Gasteiger partial charge in [0, 0.05) is 18.2 Å². The fourth-order valence-electron chi connectivity index (χ4n) is 3.23. The first-order chi connectivity index (χ1) is 14.2. The van der Waals surface area contributed by atoms with Gasteiger partial charge >= 0.3 is 0 Å². The number of nitrogens with zero attached hydrogens (tertiary/aromatic N) is 4. The molecule has 146 valence electrons. The Bertz CT molecular complexity index is 1120. The maximum atomic E-state index is 5.61. The van der Waals surface area contributed by atoms with E-state index < -0.39 is 0 Å². The molecule has 0 amide bonds. The third-order valence-corrected chi connectivity index (χ3v) is 4.67. The smallest absolute Gasteiger partial charge is 0.163 e. The van der Waals surface area contributed by atoms with Crippen molar-refractivity contribution in [2.75, 3.05) is 14.2 Å². The number of imidazole rings is 1. The first kappa shape index (κ1) is 18.7. The minimum Gasteiger partial charge on any atom is -0.495 e. The van der Waals surface area contributed by atoms with E-state index in [0.717, 1.165) is 39.8 Å². The molecule has 0 unspecified atom stereocenters. The minimum atomic E-state index is 0.587. The quantitative estimate of drug-likeness (QED) is 0.496. The van der Waals surface area contributed by atoms with Gasteiger partial charge in [-0.2, -0.15) is 0 Å². The molecule has 6 heteroatoms. The summed E-state index contributed by atoms with van der Waals surface area (Å²) in [6.45, 7) is 1.96. The molecule has 0 spiro atoms. The highest BCUT2D eigenvalue weighted by Gasteiger charge is 2.12. The molecule has 6 nitrogen and oxygen atoms in total. The van der Waals surface area contributed by atoms with Crippen LogP contribution in [0.4, 0.5) is 0 Å². The molecular weight excluding hydrogens is 364 g/mol. The van der Waals surface area contributed by atoms with Gasteiger partial charge in [0.2, 0.25) is 0 Å². The summed E-state index contributed by atoms with van der Waals surface area (Å²) in [4.78, 5) is 13.5. The zero-order chi connectivity index (χ0) is 20.2. The van der Waals surface area contributed by atoms with Gasteiger partial charge in [0.05, 0.1) is 38.1 Å². The Labute approximate surface area is 169 Å². The summed E-state index contributed by atoms with van der Waals surface area (Å²) in [7, 11) is 3.30. The van der Waals surface area contributed by atoms with E-state index in [0.29, 0.717) is 12.2 Å². The summed E-state index contributed by atoms with van der Waals surface area (Å²) in [6, 6.07) is 16.1. The molecule has 0 aliphatic heterocycles. The van der Waals surface area contributed by atoms with E-state index in [4.69, 9.17) is 14.5 Å². The van der Waals surface area contributed by atoms with E-state index in [-0.39, 0.29) is 0 Å². The molecule has 0 aliphatic carbocycles. The van der Waals surface area contributed by atoms with E-state index in [2.05, 4.69) is 16.0 Å². The number of rotatable bonds is 6. The third-order valence-electron chi connectivity index (χ3n) is 4.67. The number of aromatic nitrogens is 4. The lowest BCUT2D eigenvalue weighted by atomic mass is 10.1. The monoisotopic (exact) mass is 386 g/mol. The number of hydrogen-bond donors (Lipinski definition) is 0. The number of aryl methyl sites for hydroxylation is 1. The van der Waals surface area contributed by atoms with E-state index in [9.17, 15) is 0 Å². The standard InChI is InChI=1S/C23H22N4O2/c1-16-14-27(15-25-16)19-10-9-17(11-20(19)28-2)12-22-24-13-21(29-3)23(26-22)18-7-5-4-6-8-18/h4-11,13-15H,12H2,1-3H3. The molecule has 2 aromatic heterocycles. The average Bonchev–Trinajstić information content (AvgIpc) is 3.20. The molecule has 0 saturated carbocycles. The molecule has 0 bridgehead atoms. The Hall–Kier alpha value is -3.67. The molecule has 0 fully saturated rings. The van der Waals surface area contributed by atoms with E-state index in [1.165, 1.54) is 0 Å². The molecule has 0 N–H and O–H groups in total. The second kappa shape index (κ2) is 8.14. The van der Waals surface area contributed by atoms with Gasteiger partial charge in [-0.3, -0.25) is 0 Å². The van der Waals surface area contributed by atoms with Gasteiger partial charge in [-0.25, -0.2) is 15.0 Å². The molecule has 29 heavy (non-hydrogen) atoms. The number of methoxy groups -OCH3 is 2. The molecule has 4 rings (SSSR count). The highest BCUT2D eigenvalue weighted by Crippen LogP contribution is 2.29. The Morgan fingerprint density at radius 2 is 1.72 bits per heavy atom. The van der Waals surface area contributed by atoms with E-state index in [1.807, 2.05) is 60.2 Å². The fraction of sp³-hybridized carbons (Fsp3) is 0.174. The predicted molar refractivity (Wildman–Crippen MR) is 112 cm³/mol. The zero-order valence-electron chi connectivity index (χ0n) is 16.7. The van der Waals surface area contributed by atoms with Gasteiger partial charge < -0.3 is 14.0 Å². The Morgan fingerprint density at radius 3 is 2.41 bits per heavy atom. The molecule has 0 radical (unpaired) electrons. The van der Waals surface area contributed by atoms with Crippen LogP contribution >= 0.6 is 0 Å². The summed E-state index contributed by atoms with van der Waals surface area (Å²) >= 11 is 0. The lowest BCUT2D eigenvalue weighted by Crippen LogP contribution is -2.02. The third kappa shape index (κ3) is 3.96. The van der Waals surface area contributed by atoms with Crippen LogP contribution in [0.5, 0.6) is 11.5 Å². The van der Waals surface area contributed by atoms with Crippen LogP contribution < -0.4 is 9.47 Å². The first-order valence-corrected chi connectivity index (χ1v) is 9.31. The van der Waals surface area contributed by atoms with Crippen molar-refractivity contribution in [3.05, 3.63) is 84.3 Å². The zero-order valence-corrected chi connectivity index (χ0v) is 16.7. The summed E-state index contributed by atoms with van der Waals surface area (Å²) in [5.41, 5.74) is 4.74. The normalized spacial score (nSPS) is 10.7. The lowest BCUT2D eigenvalue weighted by molar-refractivity contribution is 0.411. The maximum Gasteiger partial charge on any atom is 0.163 e. The van der Waals surface area contributed by atoms with Crippen molar-refractivity contribution >= 4 is 0 Å². The summed E-state index contributed by atoms with van der Waals surface area (Å²) < 4.78 is 13.0. The van der Waals surface area contributed by atoms with Gasteiger partial charge in [0.15, 0.2) is 5.75 Å². The van der Waals surface area contributed by atoms with Crippen molar-refractivity contribution < 1.29 is 9.47 Å². The summed E-state index contributed by atoms with van der Waals surface area (Å²) in [5, 5.41) is 0. The number of ether oxygens (including phenoxy) is 2. The number of hydrogen-bond acceptors (Lipinski definition) is 5. The van der Waals surface area contributed by atoms with Gasteiger partial charge in [-0.1, -0.05) is 36.4 Å². The number of benzene rings is 2. The van der Waals surface area contributed by atoms with Crippen LogP contribution in [0.3, 0.4) is 0 Å². The predicted octanol–water partition coefficient (Wildman–Crippen LogP) is 4.25. The molecule has 0 aliphatic rings. The van der Waals surface area contributed by atoms with Crippen LogP contribution in [0.15, 0.2) is 67.3 Å². The highest BCUT2D eigenvalue weighted by atomic mass is 16.5. The van der Waals surface area contributed by atoms with Crippen molar-refractivity contribution in [2.45, 2.75) is 13.3 Å². The van der Waals surface area contributed by atoms with Gasteiger partial charge in [-0.15, -0.1) is 0 Å². The van der Waals surface area contributed by atoms with Crippen LogP contribution in [-0.2, 0) is 6.42 Å². The van der Waals surface area contributed by atoms with Crippen LogP contribution in [0, 0.1) is 6.92 Å². The highest BCUT2D eigenvalue weighted by molar-refractivity contribution is 5.65. The second-order valence-corrected chi connectivity index (χ2v) is 6.67. The Balaban J connectivity index is 1.66. The lowest BCUT2D eigenvalue weighted by Gasteiger charge is -2.12. The van der Waals surface area contributed by atoms with Crippen LogP contribution in [0.1, 0.15) is 17.1 Å². The Morgan fingerprint density at radius 1 is 0.931 bits per heavy atom. The van der Waals surface area contributed by atoms with Crippen molar-refractivity contribution in [1.29, 1.82) is 0 Å². The molecule has 2 aromatic carbocycles.